The third kappa shape index (κ3) is 3.20. The number of carbonyl (C=O) groups is 1. The minimum Gasteiger partial charge on any atom is -0.478 e. The Kier molecular flexibility index (Phi) is 4.25. The Morgan fingerprint density at radius 1 is 1.48 bits per heavy atom. The Bertz CT molecular complexity index is 707. The molecule has 1 aromatic carbocycles. The lowest BCUT2D eigenvalue weighted by molar-refractivity contribution is 0.0696. The molecule has 1 aliphatic carbocycles. The first-order valence-corrected chi connectivity index (χ1v) is 7.73. The third-order valence-corrected chi connectivity index (χ3v) is 5.15. The average molecular weight is 312 g/mol. The van der Waals surface area contributed by atoms with Crippen LogP contribution in [0.15, 0.2) is 23.1 Å². The molecule has 112 valence electrons. The Morgan fingerprint density at radius 3 is 2.62 bits per heavy atom. The van der Waals surface area contributed by atoms with Gasteiger partial charge in [0.15, 0.2) is 0 Å². The smallest absolute Gasteiger partial charge is 0.335 e. The number of benzene rings is 1. The number of nitrogens with zero attached hydrogens (tertiary/aromatic N) is 2. The Labute approximate surface area is 121 Å². The van der Waals surface area contributed by atoms with Gasteiger partial charge in [0.1, 0.15) is 10.7 Å². The predicted molar refractivity (Wildman–Crippen MR) is 70.5 cm³/mol. The van der Waals surface area contributed by atoms with Crippen LogP contribution >= 0.6 is 0 Å². The zero-order chi connectivity index (χ0) is 15.6. The highest BCUT2D eigenvalue weighted by atomic mass is 32.2. The van der Waals surface area contributed by atoms with Crippen LogP contribution in [0.1, 0.15) is 29.6 Å². The maximum Gasteiger partial charge on any atom is 0.335 e. The molecule has 0 aliphatic heterocycles. The van der Waals surface area contributed by atoms with E-state index >= 15 is 0 Å². The number of halogens is 1. The molecule has 1 saturated carbocycles. The summed E-state index contributed by atoms with van der Waals surface area (Å²) in [6.07, 6.45) is 1.38. The molecule has 1 aliphatic rings. The van der Waals surface area contributed by atoms with Gasteiger partial charge in [-0.15, -0.1) is 0 Å². The van der Waals surface area contributed by atoms with Gasteiger partial charge in [0.05, 0.1) is 11.6 Å². The van der Waals surface area contributed by atoms with Crippen molar-refractivity contribution in [2.24, 2.45) is 0 Å². The van der Waals surface area contributed by atoms with E-state index < -0.39 is 26.7 Å². The minimum atomic E-state index is -4.07. The number of sulfonamides is 1. The number of hydrogen-bond donors (Lipinski definition) is 1. The molecule has 1 aromatic rings. The first-order valence-electron chi connectivity index (χ1n) is 6.29. The molecule has 0 spiro atoms. The second-order valence-electron chi connectivity index (χ2n) is 4.71. The number of rotatable bonds is 6. The van der Waals surface area contributed by atoms with Crippen molar-refractivity contribution in [3.8, 4) is 6.07 Å². The summed E-state index contributed by atoms with van der Waals surface area (Å²) in [6, 6.07) is 4.35. The van der Waals surface area contributed by atoms with Gasteiger partial charge in [0.2, 0.25) is 10.0 Å². The van der Waals surface area contributed by atoms with Gasteiger partial charge in [0, 0.05) is 19.0 Å². The van der Waals surface area contributed by atoms with E-state index in [1.54, 1.807) is 0 Å². The van der Waals surface area contributed by atoms with Crippen LogP contribution in [0.4, 0.5) is 4.39 Å². The summed E-state index contributed by atoms with van der Waals surface area (Å²) in [5.41, 5.74) is -0.318. The van der Waals surface area contributed by atoms with E-state index in [9.17, 15) is 17.6 Å². The van der Waals surface area contributed by atoms with Crippen LogP contribution in [0.5, 0.6) is 0 Å². The van der Waals surface area contributed by atoms with E-state index in [1.807, 2.05) is 6.07 Å². The summed E-state index contributed by atoms with van der Waals surface area (Å²) in [5, 5.41) is 17.4. The highest BCUT2D eigenvalue weighted by molar-refractivity contribution is 7.89. The Balaban J connectivity index is 2.38. The topological polar surface area (TPSA) is 98.5 Å². The third-order valence-electron chi connectivity index (χ3n) is 3.16. The number of carboxylic acid groups (broad SMARTS) is 1. The first-order chi connectivity index (χ1) is 9.87. The zero-order valence-corrected chi connectivity index (χ0v) is 11.8. The van der Waals surface area contributed by atoms with Crippen LogP contribution < -0.4 is 0 Å². The highest BCUT2D eigenvalue weighted by Gasteiger charge is 2.38. The van der Waals surface area contributed by atoms with Gasteiger partial charge in [0.25, 0.3) is 0 Å². The number of aromatic carboxylic acids is 1. The molecule has 0 atom stereocenters. The predicted octanol–water partition coefficient (Wildman–Crippen LogP) is 1.59. The summed E-state index contributed by atoms with van der Waals surface area (Å²) >= 11 is 0. The van der Waals surface area contributed by atoms with Crippen molar-refractivity contribution in [2.75, 3.05) is 6.54 Å². The van der Waals surface area contributed by atoms with Crippen LogP contribution in [-0.4, -0.2) is 36.4 Å². The van der Waals surface area contributed by atoms with Crippen molar-refractivity contribution in [1.29, 1.82) is 5.26 Å². The van der Waals surface area contributed by atoms with E-state index in [4.69, 9.17) is 10.4 Å². The molecule has 1 N–H and O–H groups in total. The standard InChI is InChI=1S/C13H13FN2O4S/c14-11-8-9(13(17)18)2-5-12(11)21(19,20)16(7-1-6-15)10-3-4-10/h2,5,8,10H,1,3-4,7H2,(H,17,18). The summed E-state index contributed by atoms with van der Waals surface area (Å²) in [6.45, 7) is 0.00359. The van der Waals surface area contributed by atoms with Gasteiger partial charge in [-0.1, -0.05) is 0 Å². The first kappa shape index (κ1) is 15.4. The van der Waals surface area contributed by atoms with Crippen molar-refractivity contribution in [2.45, 2.75) is 30.2 Å². The van der Waals surface area contributed by atoms with Crippen molar-refractivity contribution in [1.82, 2.24) is 4.31 Å². The van der Waals surface area contributed by atoms with Crippen LogP contribution in [0.2, 0.25) is 0 Å². The minimum absolute atomic E-state index is 0.00359. The highest BCUT2D eigenvalue weighted by Crippen LogP contribution is 2.33. The molecule has 8 heteroatoms. The fourth-order valence-electron chi connectivity index (χ4n) is 1.99. The molecule has 0 radical (unpaired) electrons. The van der Waals surface area contributed by atoms with Crippen molar-refractivity contribution in [3.63, 3.8) is 0 Å². The van der Waals surface area contributed by atoms with Crippen LogP contribution in [0, 0.1) is 17.1 Å². The lowest BCUT2D eigenvalue weighted by Crippen LogP contribution is -2.34. The number of nitriles is 1. The average Bonchev–Trinajstić information content (AvgIpc) is 3.23. The Morgan fingerprint density at radius 2 is 2.14 bits per heavy atom. The molecule has 0 aromatic heterocycles. The molecule has 1 fully saturated rings. The van der Waals surface area contributed by atoms with E-state index in [-0.39, 0.29) is 24.6 Å². The molecule has 2 rings (SSSR count). The molecule has 0 unspecified atom stereocenters. The Hall–Kier alpha value is -1.98. The van der Waals surface area contributed by atoms with E-state index in [2.05, 4.69) is 0 Å². The summed E-state index contributed by atoms with van der Waals surface area (Å²) in [4.78, 5) is 10.2. The monoisotopic (exact) mass is 312 g/mol. The molecule has 21 heavy (non-hydrogen) atoms. The fraction of sp³-hybridized carbons (Fsp3) is 0.385. The normalized spacial score (nSPS) is 14.9. The van der Waals surface area contributed by atoms with Gasteiger partial charge >= 0.3 is 5.97 Å². The lowest BCUT2D eigenvalue weighted by Gasteiger charge is -2.21. The second-order valence-corrected chi connectivity index (χ2v) is 6.56. The zero-order valence-electron chi connectivity index (χ0n) is 11.0. The SMILES string of the molecule is N#CCCN(C1CC1)S(=O)(=O)c1ccc(C(=O)O)cc1F. The van der Waals surface area contributed by atoms with Gasteiger partial charge in [-0.2, -0.15) is 9.57 Å². The molecule has 0 saturated heterocycles. The second kappa shape index (κ2) is 5.79. The van der Waals surface area contributed by atoms with E-state index in [0.717, 1.165) is 16.4 Å². The van der Waals surface area contributed by atoms with Gasteiger partial charge in [-0.05, 0) is 31.0 Å². The molecule has 0 bridgehead atoms. The quantitative estimate of drug-likeness (QED) is 0.860. The van der Waals surface area contributed by atoms with Crippen molar-refractivity contribution < 1.29 is 22.7 Å². The van der Waals surface area contributed by atoms with Crippen molar-refractivity contribution >= 4 is 16.0 Å². The van der Waals surface area contributed by atoms with Gasteiger partial charge in [-0.25, -0.2) is 17.6 Å². The summed E-state index contributed by atoms with van der Waals surface area (Å²) in [7, 11) is -4.07. The van der Waals surface area contributed by atoms with Crippen molar-refractivity contribution in [3.05, 3.63) is 29.6 Å². The van der Waals surface area contributed by atoms with Crippen LogP contribution in [-0.2, 0) is 10.0 Å². The maximum atomic E-state index is 13.9. The van der Waals surface area contributed by atoms with Gasteiger partial charge in [-0.3, -0.25) is 0 Å². The molecule has 6 nitrogen and oxygen atoms in total. The molecular formula is C13H13FN2O4S. The van der Waals surface area contributed by atoms with Crippen LogP contribution in [0.25, 0.3) is 0 Å². The van der Waals surface area contributed by atoms with E-state index in [0.29, 0.717) is 18.9 Å². The summed E-state index contributed by atoms with van der Waals surface area (Å²) < 4.78 is 40.0. The van der Waals surface area contributed by atoms with Gasteiger partial charge < -0.3 is 5.11 Å². The molecular weight excluding hydrogens is 299 g/mol. The molecule has 0 amide bonds. The van der Waals surface area contributed by atoms with E-state index in [1.165, 1.54) is 0 Å². The summed E-state index contributed by atoms with van der Waals surface area (Å²) in [5.74, 6) is -2.43. The largest absolute Gasteiger partial charge is 0.478 e. The maximum absolute atomic E-state index is 13.9. The van der Waals surface area contributed by atoms with Crippen LogP contribution in [0.3, 0.4) is 0 Å². The molecule has 0 heterocycles. The fourth-order valence-corrected chi connectivity index (χ4v) is 3.72. The number of hydrogen-bond acceptors (Lipinski definition) is 4. The number of carboxylic acids is 1. The lowest BCUT2D eigenvalue weighted by atomic mass is 10.2.